The summed E-state index contributed by atoms with van der Waals surface area (Å²) in [7, 11) is 1.05. The van der Waals surface area contributed by atoms with Crippen LogP contribution in [0.1, 0.15) is 11.4 Å². The number of imidazole rings is 1. The van der Waals surface area contributed by atoms with Crippen LogP contribution in [0.3, 0.4) is 0 Å². The molecule has 104 valence electrons. The Morgan fingerprint density at radius 3 is 2.79 bits per heavy atom. The fourth-order valence-corrected chi connectivity index (χ4v) is 1.96. The molecular formula is C10H10F3N3O3. The lowest BCUT2D eigenvalue weighted by Crippen LogP contribution is -2.53. The molecule has 0 saturated carbocycles. The van der Waals surface area contributed by atoms with Gasteiger partial charge in [-0.05, 0) is 0 Å². The first kappa shape index (κ1) is 13.4. The number of hydrogen-bond acceptors (Lipinski definition) is 4. The highest BCUT2D eigenvalue weighted by Gasteiger charge is 2.48. The van der Waals surface area contributed by atoms with Crippen LogP contribution in [0, 0.1) is 0 Å². The van der Waals surface area contributed by atoms with E-state index in [4.69, 9.17) is 0 Å². The zero-order chi connectivity index (χ0) is 14.2. The standard InChI is InChI=1S/C10H10F3N3O3/c1-19-8(17)7-2-5-6(15-4-14-5)3-16(7)9(18)10(11,12)13/h4,7H,2-3H2,1H3,(H,14,15). The molecule has 19 heavy (non-hydrogen) atoms. The van der Waals surface area contributed by atoms with Gasteiger partial charge in [0.25, 0.3) is 0 Å². The summed E-state index contributed by atoms with van der Waals surface area (Å²) in [6, 6.07) is -1.31. The maximum atomic E-state index is 12.5. The van der Waals surface area contributed by atoms with Crippen molar-refractivity contribution in [3.63, 3.8) is 0 Å². The average molecular weight is 277 g/mol. The molecule has 6 nitrogen and oxygen atoms in total. The van der Waals surface area contributed by atoms with Crippen molar-refractivity contribution in [2.24, 2.45) is 0 Å². The predicted octanol–water partition coefficient (Wildman–Crippen LogP) is 0.398. The highest BCUT2D eigenvalue weighted by atomic mass is 19.4. The predicted molar refractivity (Wildman–Crippen MR) is 54.7 cm³/mol. The Balaban J connectivity index is 2.34. The second-order valence-electron chi connectivity index (χ2n) is 4.00. The molecular weight excluding hydrogens is 267 g/mol. The first-order chi connectivity index (χ1) is 8.84. The van der Waals surface area contributed by atoms with Gasteiger partial charge in [-0.2, -0.15) is 13.2 Å². The number of hydrogen-bond donors (Lipinski definition) is 1. The molecule has 2 rings (SSSR count). The molecule has 1 aromatic rings. The normalized spacial score (nSPS) is 18.9. The van der Waals surface area contributed by atoms with Crippen LogP contribution < -0.4 is 0 Å². The van der Waals surface area contributed by atoms with Gasteiger partial charge >= 0.3 is 18.1 Å². The SMILES string of the molecule is COC(=O)C1Cc2nc[nH]c2CN1C(=O)C(F)(F)F. The Morgan fingerprint density at radius 2 is 2.21 bits per heavy atom. The molecule has 0 aromatic carbocycles. The topological polar surface area (TPSA) is 75.3 Å². The molecule has 1 aliphatic heterocycles. The van der Waals surface area contributed by atoms with Gasteiger partial charge in [-0.1, -0.05) is 0 Å². The van der Waals surface area contributed by atoms with Crippen molar-refractivity contribution in [3.8, 4) is 0 Å². The summed E-state index contributed by atoms with van der Waals surface area (Å²) in [5.41, 5.74) is 0.847. The fraction of sp³-hybridized carbons (Fsp3) is 0.500. The number of rotatable bonds is 1. The summed E-state index contributed by atoms with van der Waals surface area (Å²) < 4.78 is 42.0. The van der Waals surface area contributed by atoms with Gasteiger partial charge in [0.2, 0.25) is 0 Å². The number of nitrogens with zero attached hydrogens (tertiary/aromatic N) is 2. The minimum atomic E-state index is -5.04. The number of aromatic nitrogens is 2. The van der Waals surface area contributed by atoms with Gasteiger partial charge in [0, 0.05) is 6.42 Å². The molecule has 0 bridgehead atoms. The molecule has 0 spiro atoms. The van der Waals surface area contributed by atoms with E-state index >= 15 is 0 Å². The maximum absolute atomic E-state index is 12.5. The van der Waals surface area contributed by atoms with Gasteiger partial charge in [-0.25, -0.2) is 9.78 Å². The van der Waals surface area contributed by atoms with Crippen LogP contribution >= 0.6 is 0 Å². The molecule has 1 aliphatic rings. The van der Waals surface area contributed by atoms with E-state index in [-0.39, 0.29) is 13.0 Å². The third-order valence-corrected chi connectivity index (χ3v) is 2.88. The van der Waals surface area contributed by atoms with E-state index in [0.717, 1.165) is 7.11 Å². The van der Waals surface area contributed by atoms with Crippen LogP contribution in [0.4, 0.5) is 13.2 Å². The maximum Gasteiger partial charge on any atom is 0.471 e. The van der Waals surface area contributed by atoms with Crippen LogP contribution in [0.2, 0.25) is 0 Å². The minimum Gasteiger partial charge on any atom is -0.467 e. The molecule has 9 heteroatoms. The average Bonchev–Trinajstić information content (AvgIpc) is 2.81. The van der Waals surface area contributed by atoms with Gasteiger partial charge in [-0.3, -0.25) is 4.79 Å². The van der Waals surface area contributed by atoms with Crippen molar-refractivity contribution < 1.29 is 27.5 Å². The number of fused-ring (bicyclic) bond motifs is 1. The molecule has 2 heterocycles. The summed E-state index contributed by atoms with van der Waals surface area (Å²) in [6.45, 7) is -0.354. The van der Waals surface area contributed by atoms with Crippen LogP contribution in [0.5, 0.6) is 0 Å². The lowest BCUT2D eigenvalue weighted by molar-refractivity contribution is -0.191. The largest absolute Gasteiger partial charge is 0.471 e. The highest BCUT2D eigenvalue weighted by Crippen LogP contribution is 2.27. The number of halogens is 3. The molecule has 1 amide bonds. The Hall–Kier alpha value is -2.06. The first-order valence-electron chi connectivity index (χ1n) is 5.31. The molecule has 0 radical (unpaired) electrons. The molecule has 0 aliphatic carbocycles. The number of carbonyl (C=O) groups excluding carboxylic acids is 2. The molecule has 1 unspecified atom stereocenters. The van der Waals surface area contributed by atoms with Gasteiger partial charge < -0.3 is 14.6 Å². The van der Waals surface area contributed by atoms with E-state index in [9.17, 15) is 22.8 Å². The summed E-state index contributed by atoms with van der Waals surface area (Å²) in [4.78, 5) is 29.9. The summed E-state index contributed by atoms with van der Waals surface area (Å²) in [5.74, 6) is -2.96. The van der Waals surface area contributed by atoms with E-state index in [1.807, 2.05) is 0 Å². The summed E-state index contributed by atoms with van der Waals surface area (Å²) >= 11 is 0. The number of methoxy groups -OCH3 is 1. The second kappa shape index (κ2) is 4.56. The zero-order valence-electron chi connectivity index (χ0n) is 9.82. The molecule has 1 atom stereocenters. The highest BCUT2D eigenvalue weighted by molar-refractivity contribution is 5.88. The van der Waals surface area contributed by atoms with Crippen LogP contribution in [0.15, 0.2) is 6.33 Å². The Bertz CT molecular complexity index is 512. The van der Waals surface area contributed by atoms with Crippen molar-refractivity contribution in [2.75, 3.05) is 7.11 Å². The van der Waals surface area contributed by atoms with Gasteiger partial charge in [0.05, 0.1) is 31.4 Å². The summed E-state index contributed by atoms with van der Waals surface area (Å²) in [5, 5.41) is 0. The number of carbonyl (C=O) groups is 2. The number of H-pyrrole nitrogens is 1. The Morgan fingerprint density at radius 1 is 1.53 bits per heavy atom. The third kappa shape index (κ3) is 2.40. The van der Waals surface area contributed by atoms with E-state index in [0.29, 0.717) is 16.3 Å². The third-order valence-electron chi connectivity index (χ3n) is 2.88. The smallest absolute Gasteiger partial charge is 0.467 e. The van der Waals surface area contributed by atoms with E-state index in [2.05, 4.69) is 14.7 Å². The summed E-state index contributed by atoms with van der Waals surface area (Å²) in [6.07, 6.45) is -3.84. The molecule has 1 aromatic heterocycles. The van der Waals surface area contributed by atoms with Crippen molar-refractivity contribution >= 4 is 11.9 Å². The first-order valence-corrected chi connectivity index (χ1v) is 5.31. The number of nitrogens with one attached hydrogen (secondary N) is 1. The fourth-order valence-electron chi connectivity index (χ4n) is 1.96. The number of esters is 1. The van der Waals surface area contributed by atoms with E-state index in [1.165, 1.54) is 6.33 Å². The number of alkyl halides is 3. The van der Waals surface area contributed by atoms with Crippen molar-refractivity contribution in [1.82, 2.24) is 14.9 Å². The van der Waals surface area contributed by atoms with Crippen LogP contribution in [0.25, 0.3) is 0 Å². The van der Waals surface area contributed by atoms with Gasteiger partial charge in [0.1, 0.15) is 6.04 Å². The zero-order valence-corrected chi connectivity index (χ0v) is 9.82. The van der Waals surface area contributed by atoms with E-state index < -0.39 is 24.1 Å². The van der Waals surface area contributed by atoms with E-state index in [1.54, 1.807) is 0 Å². The lowest BCUT2D eigenvalue weighted by atomic mass is 10.0. The Labute approximate surface area is 105 Å². The van der Waals surface area contributed by atoms with Crippen molar-refractivity contribution in [2.45, 2.75) is 25.2 Å². The van der Waals surface area contributed by atoms with Gasteiger partial charge in [0.15, 0.2) is 0 Å². The number of aromatic amines is 1. The monoisotopic (exact) mass is 277 g/mol. The van der Waals surface area contributed by atoms with Crippen LogP contribution in [-0.4, -0.2) is 46.1 Å². The Kier molecular flexibility index (Phi) is 3.21. The number of ether oxygens (including phenoxy) is 1. The van der Waals surface area contributed by atoms with Crippen LogP contribution in [-0.2, 0) is 27.3 Å². The molecule has 0 fully saturated rings. The van der Waals surface area contributed by atoms with Crippen molar-refractivity contribution in [1.29, 1.82) is 0 Å². The second-order valence-corrected chi connectivity index (χ2v) is 4.00. The molecule has 0 saturated heterocycles. The number of amides is 1. The van der Waals surface area contributed by atoms with Crippen molar-refractivity contribution in [3.05, 3.63) is 17.7 Å². The quantitative estimate of drug-likeness (QED) is 0.754. The minimum absolute atomic E-state index is 0.104. The van der Waals surface area contributed by atoms with Gasteiger partial charge in [-0.15, -0.1) is 0 Å². The molecule has 1 N–H and O–H groups in total. The lowest BCUT2D eigenvalue weighted by Gasteiger charge is -2.33.